The third kappa shape index (κ3) is 3.47. The largest absolute Gasteiger partial charge is 0.310 e. The van der Waals surface area contributed by atoms with Crippen LogP contribution in [-0.4, -0.2) is 17.5 Å². The molecule has 16 heavy (non-hydrogen) atoms. The van der Waals surface area contributed by atoms with Crippen molar-refractivity contribution in [1.82, 2.24) is 5.32 Å². The van der Waals surface area contributed by atoms with E-state index < -0.39 is 0 Å². The molecule has 1 aliphatic heterocycles. The highest BCUT2D eigenvalue weighted by Gasteiger charge is 2.13. The van der Waals surface area contributed by atoms with Gasteiger partial charge in [0.2, 0.25) is 0 Å². The Morgan fingerprint density at radius 3 is 2.81 bits per heavy atom. The molecular weight excluding hydrogens is 289 g/mol. The van der Waals surface area contributed by atoms with Crippen LogP contribution in [0.3, 0.4) is 0 Å². The lowest BCUT2D eigenvalue weighted by Gasteiger charge is -2.22. The van der Waals surface area contributed by atoms with Crippen molar-refractivity contribution in [3.8, 4) is 0 Å². The number of hydrogen-bond acceptors (Lipinski definition) is 2. The first-order valence-corrected chi connectivity index (χ1v) is 7.45. The minimum Gasteiger partial charge on any atom is -0.310 e. The molecule has 1 aliphatic rings. The van der Waals surface area contributed by atoms with E-state index in [0.717, 1.165) is 16.6 Å². The van der Waals surface area contributed by atoms with Crippen molar-refractivity contribution in [1.29, 1.82) is 0 Å². The molecule has 0 saturated carbocycles. The van der Waals surface area contributed by atoms with E-state index in [4.69, 9.17) is 0 Å². The lowest BCUT2D eigenvalue weighted by molar-refractivity contribution is 0.481. The molecule has 0 spiro atoms. The summed E-state index contributed by atoms with van der Waals surface area (Å²) in [6, 6.07) is 5.49. The topological polar surface area (TPSA) is 12.0 Å². The summed E-state index contributed by atoms with van der Waals surface area (Å²) >= 11 is 5.41. The molecular formula is C12H15BrFNS. The van der Waals surface area contributed by atoms with Gasteiger partial charge in [0.05, 0.1) is 0 Å². The Balaban J connectivity index is 1.88. The number of nitrogens with one attached hydrogen (secondary N) is 1. The van der Waals surface area contributed by atoms with Gasteiger partial charge in [-0.2, -0.15) is 11.8 Å². The van der Waals surface area contributed by atoms with Gasteiger partial charge in [0.15, 0.2) is 0 Å². The zero-order valence-electron chi connectivity index (χ0n) is 9.01. The first-order valence-electron chi connectivity index (χ1n) is 5.51. The molecule has 88 valence electrons. The molecule has 1 nitrogen and oxygen atoms in total. The minimum atomic E-state index is -0.190. The van der Waals surface area contributed by atoms with E-state index in [-0.39, 0.29) is 5.82 Å². The average Bonchev–Trinajstić information content (AvgIpc) is 2.29. The normalized spacial score (nSPS) is 17.6. The van der Waals surface area contributed by atoms with E-state index in [1.54, 1.807) is 0 Å². The first-order chi connectivity index (χ1) is 7.75. The quantitative estimate of drug-likeness (QED) is 0.916. The molecule has 4 heteroatoms. The van der Waals surface area contributed by atoms with Crippen LogP contribution in [0.1, 0.15) is 18.4 Å². The number of thioether (sulfide) groups is 1. The Morgan fingerprint density at radius 2 is 2.12 bits per heavy atom. The van der Waals surface area contributed by atoms with Gasteiger partial charge in [-0.25, -0.2) is 4.39 Å². The van der Waals surface area contributed by atoms with E-state index in [1.807, 2.05) is 17.8 Å². The SMILES string of the molecule is Fc1ccc(CNC2CCSCC2)c(Br)c1. The van der Waals surface area contributed by atoms with Crippen LogP contribution in [0.25, 0.3) is 0 Å². The predicted octanol–water partition coefficient (Wildman–Crippen LogP) is 3.57. The zero-order chi connectivity index (χ0) is 11.4. The van der Waals surface area contributed by atoms with Crippen molar-refractivity contribution in [3.05, 3.63) is 34.1 Å². The molecule has 1 aromatic carbocycles. The fourth-order valence-corrected chi connectivity index (χ4v) is 3.42. The van der Waals surface area contributed by atoms with Gasteiger partial charge < -0.3 is 5.32 Å². The molecule has 0 aliphatic carbocycles. The molecule has 2 rings (SSSR count). The van der Waals surface area contributed by atoms with Crippen LogP contribution >= 0.6 is 27.7 Å². The van der Waals surface area contributed by atoms with Crippen molar-refractivity contribution < 1.29 is 4.39 Å². The highest BCUT2D eigenvalue weighted by atomic mass is 79.9. The van der Waals surface area contributed by atoms with E-state index in [2.05, 4.69) is 21.2 Å². The number of halogens is 2. The van der Waals surface area contributed by atoms with Gasteiger partial charge in [-0.3, -0.25) is 0 Å². The van der Waals surface area contributed by atoms with Gasteiger partial charge in [-0.05, 0) is 42.0 Å². The van der Waals surface area contributed by atoms with E-state index >= 15 is 0 Å². The fraction of sp³-hybridized carbons (Fsp3) is 0.500. The molecule has 1 N–H and O–H groups in total. The van der Waals surface area contributed by atoms with Crippen LogP contribution in [0.2, 0.25) is 0 Å². The van der Waals surface area contributed by atoms with Crippen LogP contribution in [0.15, 0.2) is 22.7 Å². The molecule has 0 aromatic heterocycles. The summed E-state index contributed by atoms with van der Waals surface area (Å²) in [6.45, 7) is 0.816. The Kier molecular flexibility index (Phi) is 4.67. The van der Waals surface area contributed by atoms with Crippen molar-refractivity contribution in [2.45, 2.75) is 25.4 Å². The molecule has 0 bridgehead atoms. The van der Waals surface area contributed by atoms with Crippen LogP contribution in [0.4, 0.5) is 4.39 Å². The highest BCUT2D eigenvalue weighted by Crippen LogP contribution is 2.20. The summed E-state index contributed by atoms with van der Waals surface area (Å²) in [5, 5.41) is 3.53. The lowest BCUT2D eigenvalue weighted by Crippen LogP contribution is -2.32. The van der Waals surface area contributed by atoms with E-state index in [9.17, 15) is 4.39 Å². The summed E-state index contributed by atoms with van der Waals surface area (Å²) in [4.78, 5) is 0. The highest BCUT2D eigenvalue weighted by molar-refractivity contribution is 9.10. The maximum atomic E-state index is 12.9. The first kappa shape index (κ1) is 12.4. The Labute approximate surface area is 108 Å². The smallest absolute Gasteiger partial charge is 0.124 e. The van der Waals surface area contributed by atoms with Gasteiger partial charge in [0.25, 0.3) is 0 Å². The van der Waals surface area contributed by atoms with Crippen LogP contribution in [-0.2, 0) is 6.54 Å². The molecule has 0 unspecified atom stereocenters. The van der Waals surface area contributed by atoms with Gasteiger partial charge in [-0.15, -0.1) is 0 Å². The average molecular weight is 304 g/mol. The van der Waals surface area contributed by atoms with Crippen molar-refractivity contribution >= 4 is 27.7 Å². The fourth-order valence-electron chi connectivity index (χ4n) is 1.82. The van der Waals surface area contributed by atoms with Crippen LogP contribution < -0.4 is 5.32 Å². The molecule has 0 radical (unpaired) electrons. The Morgan fingerprint density at radius 1 is 1.38 bits per heavy atom. The maximum Gasteiger partial charge on any atom is 0.124 e. The predicted molar refractivity (Wildman–Crippen MR) is 71.3 cm³/mol. The second-order valence-corrected chi connectivity index (χ2v) is 6.08. The van der Waals surface area contributed by atoms with Crippen molar-refractivity contribution in [3.63, 3.8) is 0 Å². The van der Waals surface area contributed by atoms with Crippen molar-refractivity contribution in [2.75, 3.05) is 11.5 Å². The molecule has 1 saturated heterocycles. The lowest BCUT2D eigenvalue weighted by atomic mass is 10.1. The monoisotopic (exact) mass is 303 g/mol. The number of benzene rings is 1. The van der Waals surface area contributed by atoms with Crippen molar-refractivity contribution in [2.24, 2.45) is 0 Å². The Bertz CT molecular complexity index is 353. The third-order valence-corrected chi connectivity index (χ3v) is 4.60. The van der Waals surface area contributed by atoms with Gasteiger partial charge in [0.1, 0.15) is 5.82 Å². The molecule has 0 amide bonds. The molecule has 1 heterocycles. The minimum absolute atomic E-state index is 0.190. The second-order valence-electron chi connectivity index (χ2n) is 4.00. The third-order valence-electron chi connectivity index (χ3n) is 2.82. The van der Waals surface area contributed by atoms with Crippen LogP contribution in [0.5, 0.6) is 0 Å². The van der Waals surface area contributed by atoms with Gasteiger partial charge >= 0.3 is 0 Å². The molecule has 1 fully saturated rings. The van der Waals surface area contributed by atoms with E-state index in [1.165, 1.54) is 36.5 Å². The Hall–Kier alpha value is -0.0600. The van der Waals surface area contributed by atoms with Gasteiger partial charge in [-0.1, -0.05) is 22.0 Å². The summed E-state index contributed by atoms with van der Waals surface area (Å²) in [6.07, 6.45) is 2.48. The molecule has 0 atom stereocenters. The second kappa shape index (κ2) is 6.03. The number of hydrogen-bond donors (Lipinski definition) is 1. The van der Waals surface area contributed by atoms with Gasteiger partial charge in [0, 0.05) is 17.1 Å². The maximum absolute atomic E-state index is 12.9. The van der Waals surface area contributed by atoms with E-state index in [0.29, 0.717) is 6.04 Å². The summed E-state index contributed by atoms with van der Waals surface area (Å²) in [5.41, 5.74) is 1.12. The summed E-state index contributed by atoms with van der Waals surface area (Å²) < 4.78 is 13.7. The standard InChI is InChI=1S/C12H15BrFNS/c13-12-7-10(14)2-1-9(12)8-15-11-3-5-16-6-4-11/h1-2,7,11,15H,3-6,8H2. The summed E-state index contributed by atoms with van der Waals surface area (Å²) in [7, 11) is 0. The van der Waals surface area contributed by atoms with Crippen LogP contribution in [0, 0.1) is 5.82 Å². The zero-order valence-corrected chi connectivity index (χ0v) is 11.4. The number of rotatable bonds is 3. The molecule has 1 aromatic rings. The summed E-state index contributed by atoms with van der Waals surface area (Å²) in [5.74, 6) is 2.31.